The zero-order valence-electron chi connectivity index (χ0n) is 16.4. The van der Waals surface area contributed by atoms with Crippen molar-refractivity contribution in [3.8, 4) is 0 Å². The quantitative estimate of drug-likeness (QED) is 0.414. The van der Waals surface area contributed by atoms with Crippen LogP contribution in [0.4, 0.5) is 4.79 Å². The first kappa shape index (κ1) is 21.0. The SMILES string of the molecule is CCOC(=O)N1CCC(NC(N)=NCCCOC(C)c2ccccc2)CC1. The second kappa shape index (κ2) is 11.4. The van der Waals surface area contributed by atoms with E-state index in [9.17, 15) is 4.79 Å². The maximum atomic E-state index is 11.7. The molecule has 0 saturated carbocycles. The van der Waals surface area contributed by atoms with Crippen LogP contribution in [0.5, 0.6) is 0 Å². The van der Waals surface area contributed by atoms with Crippen molar-refractivity contribution in [3.63, 3.8) is 0 Å². The number of carbonyl (C=O) groups excluding carboxylic acids is 1. The van der Waals surface area contributed by atoms with Gasteiger partial charge in [-0.1, -0.05) is 30.3 Å². The summed E-state index contributed by atoms with van der Waals surface area (Å²) in [4.78, 5) is 17.8. The number of nitrogens with two attached hydrogens (primary N) is 1. The van der Waals surface area contributed by atoms with Gasteiger partial charge in [0.2, 0.25) is 0 Å². The highest BCUT2D eigenvalue weighted by Gasteiger charge is 2.23. The Kier molecular flexibility index (Phi) is 8.91. The molecule has 1 amide bonds. The van der Waals surface area contributed by atoms with Gasteiger partial charge in [0.25, 0.3) is 0 Å². The van der Waals surface area contributed by atoms with Gasteiger partial charge >= 0.3 is 6.09 Å². The maximum Gasteiger partial charge on any atom is 0.409 e. The molecule has 2 rings (SSSR count). The van der Waals surface area contributed by atoms with E-state index in [1.807, 2.05) is 25.1 Å². The number of nitrogens with one attached hydrogen (secondary N) is 1. The van der Waals surface area contributed by atoms with Crippen molar-refractivity contribution in [2.75, 3.05) is 32.8 Å². The first-order valence-electron chi connectivity index (χ1n) is 9.74. The zero-order chi connectivity index (χ0) is 19.5. The van der Waals surface area contributed by atoms with Crippen molar-refractivity contribution in [2.45, 2.75) is 45.3 Å². The summed E-state index contributed by atoms with van der Waals surface area (Å²) in [5, 5.41) is 3.24. The lowest BCUT2D eigenvalue weighted by molar-refractivity contribution is 0.0652. The average Bonchev–Trinajstić information content (AvgIpc) is 2.69. The first-order chi connectivity index (χ1) is 13.1. The van der Waals surface area contributed by atoms with Crippen molar-refractivity contribution in [1.29, 1.82) is 0 Å². The van der Waals surface area contributed by atoms with Crippen molar-refractivity contribution < 1.29 is 14.3 Å². The molecule has 0 radical (unpaired) electrons. The van der Waals surface area contributed by atoms with Crippen LogP contribution in [0.25, 0.3) is 0 Å². The van der Waals surface area contributed by atoms with E-state index in [1.54, 1.807) is 4.90 Å². The van der Waals surface area contributed by atoms with E-state index in [2.05, 4.69) is 29.4 Å². The Morgan fingerprint density at radius 1 is 1.33 bits per heavy atom. The van der Waals surface area contributed by atoms with Crippen LogP contribution in [0.2, 0.25) is 0 Å². The molecule has 0 bridgehead atoms. The Labute approximate surface area is 161 Å². The molecule has 1 heterocycles. The average molecular weight is 377 g/mol. The van der Waals surface area contributed by atoms with Crippen LogP contribution in [0.15, 0.2) is 35.3 Å². The fourth-order valence-electron chi connectivity index (χ4n) is 3.02. The van der Waals surface area contributed by atoms with Crippen molar-refractivity contribution >= 4 is 12.1 Å². The van der Waals surface area contributed by atoms with Crippen molar-refractivity contribution in [3.05, 3.63) is 35.9 Å². The van der Waals surface area contributed by atoms with E-state index in [4.69, 9.17) is 15.2 Å². The fourth-order valence-corrected chi connectivity index (χ4v) is 3.02. The summed E-state index contributed by atoms with van der Waals surface area (Å²) in [6.07, 6.45) is 2.35. The minimum atomic E-state index is -0.234. The number of piperidine rings is 1. The molecular formula is C20H32N4O3. The molecule has 150 valence electrons. The Hall–Kier alpha value is -2.28. The van der Waals surface area contributed by atoms with Crippen LogP contribution in [-0.2, 0) is 9.47 Å². The second-order valence-electron chi connectivity index (χ2n) is 6.65. The van der Waals surface area contributed by atoms with Gasteiger partial charge in [-0.25, -0.2) is 4.79 Å². The predicted octanol–water partition coefficient (Wildman–Crippen LogP) is 2.68. The molecule has 3 N–H and O–H groups in total. The largest absolute Gasteiger partial charge is 0.450 e. The molecule has 27 heavy (non-hydrogen) atoms. The van der Waals surface area contributed by atoms with Crippen molar-refractivity contribution in [1.82, 2.24) is 10.2 Å². The standard InChI is InChI=1S/C20H32N4O3/c1-3-26-20(25)24-13-10-18(11-14-24)23-19(21)22-12-7-15-27-16(2)17-8-5-4-6-9-17/h4-6,8-9,16,18H,3,7,10-15H2,1-2H3,(H3,21,22,23). The topological polar surface area (TPSA) is 89.2 Å². The molecule has 1 unspecified atom stereocenters. The lowest BCUT2D eigenvalue weighted by Crippen LogP contribution is -2.48. The van der Waals surface area contributed by atoms with E-state index < -0.39 is 0 Å². The highest BCUT2D eigenvalue weighted by Crippen LogP contribution is 2.16. The Balaban J connectivity index is 1.59. The Bertz CT molecular complexity index is 586. The van der Waals surface area contributed by atoms with E-state index in [0.717, 1.165) is 19.3 Å². The Morgan fingerprint density at radius 3 is 2.70 bits per heavy atom. The third-order valence-corrected chi connectivity index (χ3v) is 4.59. The van der Waals surface area contributed by atoms with Crippen LogP contribution in [0.1, 0.15) is 44.8 Å². The van der Waals surface area contributed by atoms with Crippen LogP contribution >= 0.6 is 0 Å². The Morgan fingerprint density at radius 2 is 2.04 bits per heavy atom. The van der Waals surface area contributed by atoms with Gasteiger partial charge in [0.15, 0.2) is 5.96 Å². The normalized spacial score (nSPS) is 16.8. The van der Waals surface area contributed by atoms with Gasteiger partial charge in [0.05, 0.1) is 12.7 Å². The molecule has 1 aromatic carbocycles. The summed E-state index contributed by atoms with van der Waals surface area (Å²) in [5.41, 5.74) is 7.15. The zero-order valence-corrected chi connectivity index (χ0v) is 16.4. The third-order valence-electron chi connectivity index (χ3n) is 4.59. The highest BCUT2D eigenvalue weighted by molar-refractivity contribution is 5.78. The number of hydrogen-bond donors (Lipinski definition) is 2. The van der Waals surface area contributed by atoms with E-state index in [0.29, 0.717) is 38.8 Å². The van der Waals surface area contributed by atoms with Crippen molar-refractivity contribution in [2.24, 2.45) is 10.7 Å². The molecule has 1 atom stereocenters. The summed E-state index contributed by atoms with van der Waals surface area (Å²) in [6, 6.07) is 10.4. The number of aliphatic imine (C=N–C) groups is 1. The van der Waals surface area contributed by atoms with Gasteiger partial charge in [0.1, 0.15) is 0 Å². The molecule has 1 saturated heterocycles. The van der Waals surface area contributed by atoms with Crippen LogP contribution in [0, 0.1) is 0 Å². The van der Waals surface area contributed by atoms with E-state index in [-0.39, 0.29) is 18.2 Å². The number of amides is 1. The second-order valence-corrected chi connectivity index (χ2v) is 6.65. The maximum absolute atomic E-state index is 11.7. The molecule has 0 aromatic heterocycles. The molecule has 0 aliphatic carbocycles. The number of nitrogens with zero attached hydrogens (tertiary/aromatic N) is 2. The fraction of sp³-hybridized carbons (Fsp3) is 0.600. The van der Waals surface area contributed by atoms with Crippen LogP contribution in [-0.4, -0.2) is 55.8 Å². The van der Waals surface area contributed by atoms with E-state index >= 15 is 0 Å². The third kappa shape index (κ3) is 7.46. The summed E-state index contributed by atoms with van der Waals surface area (Å²) < 4.78 is 10.9. The van der Waals surface area contributed by atoms with Gasteiger partial charge < -0.3 is 25.4 Å². The summed E-state index contributed by atoms with van der Waals surface area (Å²) in [7, 11) is 0. The number of guanidine groups is 1. The van der Waals surface area contributed by atoms with Gasteiger partial charge in [-0.2, -0.15) is 0 Å². The molecular weight excluding hydrogens is 344 g/mol. The molecule has 1 aromatic rings. The van der Waals surface area contributed by atoms with Gasteiger partial charge in [-0.15, -0.1) is 0 Å². The number of rotatable bonds is 8. The monoisotopic (exact) mass is 376 g/mol. The number of carbonyl (C=O) groups is 1. The van der Waals surface area contributed by atoms with Crippen LogP contribution in [0.3, 0.4) is 0 Å². The molecule has 7 heteroatoms. The smallest absolute Gasteiger partial charge is 0.409 e. The first-order valence-corrected chi connectivity index (χ1v) is 9.74. The van der Waals surface area contributed by atoms with Gasteiger partial charge in [0, 0.05) is 32.3 Å². The number of hydrogen-bond acceptors (Lipinski definition) is 4. The van der Waals surface area contributed by atoms with Gasteiger partial charge in [-0.05, 0) is 38.7 Å². The molecule has 1 aliphatic heterocycles. The number of likely N-dealkylation sites (tertiary alicyclic amines) is 1. The van der Waals surface area contributed by atoms with Gasteiger partial charge in [-0.3, -0.25) is 4.99 Å². The minimum absolute atomic E-state index is 0.0789. The van der Waals surface area contributed by atoms with Crippen LogP contribution < -0.4 is 11.1 Å². The molecule has 0 spiro atoms. The molecule has 7 nitrogen and oxygen atoms in total. The number of ether oxygens (including phenoxy) is 2. The summed E-state index contributed by atoms with van der Waals surface area (Å²) in [6.45, 7) is 6.90. The summed E-state index contributed by atoms with van der Waals surface area (Å²) >= 11 is 0. The molecule has 1 fully saturated rings. The number of benzene rings is 1. The lowest BCUT2D eigenvalue weighted by atomic mass is 10.1. The van der Waals surface area contributed by atoms with E-state index in [1.165, 1.54) is 5.56 Å². The highest BCUT2D eigenvalue weighted by atomic mass is 16.6. The summed E-state index contributed by atoms with van der Waals surface area (Å²) in [5.74, 6) is 0.459. The predicted molar refractivity (Wildman–Crippen MR) is 107 cm³/mol. The minimum Gasteiger partial charge on any atom is -0.450 e. The lowest BCUT2D eigenvalue weighted by Gasteiger charge is -2.31. The molecule has 1 aliphatic rings.